The molecular formula is C26H25FN4O3. The van der Waals surface area contributed by atoms with E-state index in [1.807, 2.05) is 36.4 Å². The summed E-state index contributed by atoms with van der Waals surface area (Å²) in [4.78, 5) is 24.6. The van der Waals surface area contributed by atoms with E-state index in [-0.39, 0.29) is 5.91 Å². The summed E-state index contributed by atoms with van der Waals surface area (Å²) in [6, 6.07) is 16.1. The molecule has 174 valence electrons. The molecule has 8 heteroatoms. The van der Waals surface area contributed by atoms with Crippen LogP contribution in [0, 0.1) is 5.82 Å². The number of methoxy groups -OCH3 is 2. The maximum Gasteiger partial charge on any atom is 0.270 e. The Balaban J connectivity index is 1.41. The molecule has 2 aromatic carbocycles. The first-order chi connectivity index (χ1) is 16.6. The fraction of sp³-hybridized carbons (Fsp3) is 0.231. The van der Waals surface area contributed by atoms with Crippen molar-refractivity contribution < 1.29 is 18.7 Å². The van der Waals surface area contributed by atoms with Gasteiger partial charge in [0, 0.05) is 43.3 Å². The summed E-state index contributed by atoms with van der Waals surface area (Å²) in [6.45, 7) is 2.30. The first-order valence-electron chi connectivity index (χ1n) is 11.1. The van der Waals surface area contributed by atoms with Gasteiger partial charge >= 0.3 is 0 Å². The van der Waals surface area contributed by atoms with Crippen molar-refractivity contribution in [3.63, 3.8) is 0 Å². The molecule has 0 saturated carbocycles. The van der Waals surface area contributed by atoms with Crippen LogP contribution in [0.3, 0.4) is 0 Å². The summed E-state index contributed by atoms with van der Waals surface area (Å²) in [6.07, 6.45) is 1.73. The molecule has 0 aliphatic carbocycles. The van der Waals surface area contributed by atoms with Crippen LogP contribution in [0.2, 0.25) is 0 Å². The predicted octanol–water partition coefficient (Wildman–Crippen LogP) is 4.35. The molecule has 2 aromatic heterocycles. The number of carbonyl (C=O) groups is 1. The number of hydrogen-bond donors (Lipinski definition) is 1. The molecule has 0 bridgehead atoms. The molecule has 4 aromatic rings. The van der Waals surface area contributed by atoms with Gasteiger partial charge in [-0.15, -0.1) is 0 Å². The summed E-state index contributed by atoms with van der Waals surface area (Å²) in [5, 5.41) is 0.643. The highest BCUT2D eigenvalue weighted by Gasteiger charge is 2.26. The lowest BCUT2D eigenvalue weighted by Gasteiger charge is -2.35. The van der Waals surface area contributed by atoms with Gasteiger partial charge < -0.3 is 24.3 Å². The molecule has 0 atom stereocenters. The van der Waals surface area contributed by atoms with Crippen LogP contribution >= 0.6 is 0 Å². The van der Waals surface area contributed by atoms with Gasteiger partial charge in [0.1, 0.15) is 17.3 Å². The number of amides is 1. The Bertz CT molecular complexity index is 1350. The normalized spacial score (nSPS) is 13.9. The van der Waals surface area contributed by atoms with E-state index >= 15 is 0 Å². The first-order valence-corrected chi connectivity index (χ1v) is 11.1. The summed E-state index contributed by atoms with van der Waals surface area (Å²) >= 11 is 0. The van der Waals surface area contributed by atoms with Gasteiger partial charge in [0.25, 0.3) is 5.91 Å². The number of halogens is 1. The number of para-hydroxylation sites is 1. The molecule has 3 heterocycles. The van der Waals surface area contributed by atoms with E-state index in [2.05, 4.69) is 14.9 Å². The van der Waals surface area contributed by atoms with Crippen molar-refractivity contribution in [3.05, 3.63) is 72.3 Å². The number of benzene rings is 2. The summed E-state index contributed by atoms with van der Waals surface area (Å²) in [5.41, 5.74) is 2.31. The fourth-order valence-electron chi connectivity index (χ4n) is 4.47. The number of carbonyl (C=O) groups excluding carboxylic acids is 1. The Kier molecular flexibility index (Phi) is 5.79. The molecule has 1 saturated heterocycles. The Morgan fingerprint density at radius 3 is 2.44 bits per heavy atom. The maximum atomic E-state index is 14.7. The van der Waals surface area contributed by atoms with Crippen LogP contribution in [-0.2, 0) is 0 Å². The van der Waals surface area contributed by atoms with Crippen molar-refractivity contribution >= 4 is 22.6 Å². The summed E-state index contributed by atoms with van der Waals surface area (Å²) in [5.74, 6) is 1.60. The molecule has 0 spiro atoms. The number of anilines is 1. The monoisotopic (exact) mass is 460 g/mol. The van der Waals surface area contributed by atoms with Crippen LogP contribution in [0.25, 0.3) is 22.0 Å². The molecule has 0 unspecified atom stereocenters. The topological polar surface area (TPSA) is 70.7 Å². The van der Waals surface area contributed by atoms with Crippen molar-refractivity contribution in [2.45, 2.75) is 0 Å². The fourth-order valence-corrected chi connectivity index (χ4v) is 4.47. The van der Waals surface area contributed by atoms with Gasteiger partial charge in [0.05, 0.1) is 19.7 Å². The number of pyridine rings is 1. The molecule has 1 aliphatic heterocycles. The van der Waals surface area contributed by atoms with Crippen molar-refractivity contribution in [3.8, 4) is 22.6 Å². The molecular weight excluding hydrogens is 435 g/mol. The lowest BCUT2D eigenvalue weighted by Crippen LogP contribution is -2.49. The zero-order valence-electron chi connectivity index (χ0n) is 19.0. The van der Waals surface area contributed by atoms with E-state index in [1.165, 1.54) is 6.07 Å². The third-order valence-electron chi connectivity index (χ3n) is 6.21. The molecule has 0 radical (unpaired) electrons. The summed E-state index contributed by atoms with van der Waals surface area (Å²) in [7, 11) is 3.22. The van der Waals surface area contributed by atoms with Gasteiger partial charge in [0.2, 0.25) is 0 Å². The third-order valence-corrected chi connectivity index (χ3v) is 6.21. The van der Waals surface area contributed by atoms with Gasteiger partial charge in [-0.25, -0.2) is 9.37 Å². The number of rotatable bonds is 5. The summed E-state index contributed by atoms with van der Waals surface area (Å²) < 4.78 is 25.6. The largest absolute Gasteiger partial charge is 0.496 e. The lowest BCUT2D eigenvalue weighted by molar-refractivity contribution is 0.0741. The standard InChI is InChI=1S/C26H25FN4O3/c1-33-22-7-4-3-6-18(22)17-9-10-20(27)24-19(17)16-21(29-24)26(32)31-14-12-30(13-15-31)25-23(34-2)8-5-11-28-25/h3-11,16,29H,12-15H2,1-2H3. The minimum absolute atomic E-state index is 0.158. The first kappa shape index (κ1) is 21.8. The molecule has 1 aliphatic rings. The van der Waals surface area contributed by atoms with E-state index in [0.29, 0.717) is 54.3 Å². The average molecular weight is 461 g/mol. The molecule has 1 N–H and O–H groups in total. The van der Waals surface area contributed by atoms with Gasteiger partial charge in [-0.2, -0.15) is 0 Å². The van der Waals surface area contributed by atoms with Crippen molar-refractivity contribution in [2.24, 2.45) is 0 Å². The molecule has 1 fully saturated rings. The highest BCUT2D eigenvalue weighted by atomic mass is 19.1. The second kappa shape index (κ2) is 9.05. The number of H-pyrrole nitrogens is 1. The average Bonchev–Trinajstić information content (AvgIpc) is 3.35. The zero-order valence-corrected chi connectivity index (χ0v) is 19.0. The van der Waals surface area contributed by atoms with Crippen LogP contribution in [0.5, 0.6) is 11.5 Å². The Morgan fingerprint density at radius 1 is 0.941 bits per heavy atom. The van der Waals surface area contributed by atoms with Crippen molar-refractivity contribution in [2.75, 3.05) is 45.3 Å². The number of aromatic nitrogens is 2. The third kappa shape index (κ3) is 3.81. The van der Waals surface area contributed by atoms with Crippen molar-refractivity contribution in [1.29, 1.82) is 0 Å². The maximum absolute atomic E-state index is 14.7. The van der Waals surface area contributed by atoms with Crippen LogP contribution in [-0.4, -0.2) is 61.2 Å². The van der Waals surface area contributed by atoms with E-state index in [4.69, 9.17) is 9.47 Å². The van der Waals surface area contributed by atoms with E-state index < -0.39 is 5.82 Å². The van der Waals surface area contributed by atoms with E-state index in [1.54, 1.807) is 37.4 Å². The number of aromatic amines is 1. The minimum Gasteiger partial charge on any atom is -0.496 e. The number of nitrogens with zero attached hydrogens (tertiary/aromatic N) is 3. The molecule has 34 heavy (non-hydrogen) atoms. The second-order valence-electron chi connectivity index (χ2n) is 8.08. The smallest absolute Gasteiger partial charge is 0.270 e. The SMILES string of the molecule is COc1ccccc1-c1ccc(F)c2[nH]c(C(=O)N3CCN(c4ncccc4OC)CC3)cc12. The number of piperazine rings is 1. The minimum atomic E-state index is -0.403. The molecule has 5 rings (SSSR count). The Morgan fingerprint density at radius 2 is 1.68 bits per heavy atom. The lowest BCUT2D eigenvalue weighted by atomic mass is 10.0. The van der Waals surface area contributed by atoms with Gasteiger partial charge in [-0.1, -0.05) is 24.3 Å². The highest BCUT2D eigenvalue weighted by Crippen LogP contribution is 2.36. The Hall–Kier alpha value is -4.07. The van der Waals surface area contributed by atoms with Crippen LogP contribution in [0.1, 0.15) is 10.5 Å². The molecule has 7 nitrogen and oxygen atoms in total. The van der Waals surface area contributed by atoms with E-state index in [0.717, 1.165) is 16.9 Å². The Labute approximate surface area is 196 Å². The van der Waals surface area contributed by atoms with Gasteiger partial charge in [-0.3, -0.25) is 4.79 Å². The number of ether oxygens (including phenoxy) is 2. The van der Waals surface area contributed by atoms with Gasteiger partial charge in [0.15, 0.2) is 11.6 Å². The van der Waals surface area contributed by atoms with E-state index in [9.17, 15) is 9.18 Å². The van der Waals surface area contributed by atoms with Crippen LogP contribution in [0.15, 0.2) is 60.8 Å². The number of nitrogens with one attached hydrogen (secondary N) is 1. The predicted molar refractivity (Wildman–Crippen MR) is 129 cm³/mol. The highest BCUT2D eigenvalue weighted by molar-refractivity contribution is 6.03. The number of fused-ring (bicyclic) bond motifs is 1. The second-order valence-corrected chi connectivity index (χ2v) is 8.08. The van der Waals surface area contributed by atoms with Gasteiger partial charge in [-0.05, 0) is 35.9 Å². The van der Waals surface area contributed by atoms with Crippen LogP contribution < -0.4 is 14.4 Å². The van der Waals surface area contributed by atoms with Crippen LogP contribution in [0.4, 0.5) is 10.2 Å². The molecule has 1 amide bonds. The zero-order chi connectivity index (χ0) is 23.7. The van der Waals surface area contributed by atoms with Crippen molar-refractivity contribution in [1.82, 2.24) is 14.9 Å². The quantitative estimate of drug-likeness (QED) is 0.480. The number of hydrogen-bond acceptors (Lipinski definition) is 5.